The summed E-state index contributed by atoms with van der Waals surface area (Å²) in [5.41, 5.74) is 8.12. The largest absolute Gasteiger partial charge is 0.484 e. The van der Waals surface area contributed by atoms with E-state index in [0.717, 1.165) is 11.3 Å². The lowest BCUT2D eigenvalue weighted by atomic mass is 10.1. The number of ether oxygens (including phenoxy) is 1. The predicted molar refractivity (Wildman–Crippen MR) is 70.0 cm³/mol. The Labute approximate surface area is 102 Å². The first-order valence-corrected chi connectivity index (χ1v) is 5.78. The molecule has 0 saturated heterocycles. The van der Waals surface area contributed by atoms with E-state index < -0.39 is 0 Å². The molecule has 0 fully saturated rings. The maximum Gasteiger partial charge on any atom is 0.136 e. The van der Waals surface area contributed by atoms with E-state index in [1.807, 2.05) is 42.5 Å². The second-order valence-electron chi connectivity index (χ2n) is 4.07. The normalized spacial score (nSPS) is 12.1. The lowest BCUT2D eigenvalue weighted by molar-refractivity contribution is 0.214. The Bertz CT molecular complexity index is 467. The molecule has 0 spiro atoms. The van der Waals surface area contributed by atoms with Crippen molar-refractivity contribution >= 4 is 0 Å². The van der Waals surface area contributed by atoms with E-state index in [4.69, 9.17) is 10.5 Å². The lowest BCUT2D eigenvalue weighted by Gasteiger charge is -2.18. The van der Waals surface area contributed by atoms with Gasteiger partial charge in [0.2, 0.25) is 0 Å². The molecule has 1 unspecified atom stereocenters. The minimum atomic E-state index is -0.0858. The highest BCUT2D eigenvalue weighted by atomic mass is 16.5. The van der Waals surface area contributed by atoms with Crippen LogP contribution in [-0.4, -0.2) is 6.54 Å². The van der Waals surface area contributed by atoms with E-state index in [0.29, 0.717) is 6.54 Å². The summed E-state index contributed by atoms with van der Waals surface area (Å²) in [7, 11) is 0. The molecule has 0 heterocycles. The highest BCUT2D eigenvalue weighted by Crippen LogP contribution is 2.21. The summed E-state index contributed by atoms with van der Waals surface area (Å²) < 4.78 is 5.88. The SMILES string of the molecule is Cc1cccc(C(CN)Oc2ccccc2)c1. The lowest BCUT2D eigenvalue weighted by Crippen LogP contribution is -2.18. The van der Waals surface area contributed by atoms with Crippen molar-refractivity contribution in [2.45, 2.75) is 13.0 Å². The molecule has 17 heavy (non-hydrogen) atoms. The Morgan fingerprint density at radius 3 is 2.47 bits per heavy atom. The molecular weight excluding hydrogens is 210 g/mol. The molecule has 0 aliphatic heterocycles. The average Bonchev–Trinajstić information content (AvgIpc) is 2.37. The van der Waals surface area contributed by atoms with Gasteiger partial charge in [0, 0.05) is 6.54 Å². The number of benzene rings is 2. The summed E-state index contributed by atoms with van der Waals surface area (Å²) in [5, 5.41) is 0. The van der Waals surface area contributed by atoms with Gasteiger partial charge in [-0.05, 0) is 24.6 Å². The third-order valence-electron chi connectivity index (χ3n) is 2.65. The van der Waals surface area contributed by atoms with Crippen molar-refractivity contribution < 1.29 is 4.74 Å². The fourth-order valence-electron chi connectivity index (χ4n) is 1.79. The van der Waals surface area contributed by atoms with Crippen LogP contribution >= 0.6 is 0 Å². The van der Waals surface area contributed by atoms with Crippen LogP contribution in [0.3, 0.4) is 0 Å². The molecule has 88 valence electrons. The molecule has 0 saturated carbocycles. The number of para-hydroxylation sites is 1. The van der Waals surface area contributed by atoms with E-state index in [-0.39, 0.29) is 6.10 Å². The molecule has 2 aromatic carbocycles. The van der Waals surface area contributed by atoms with E-state index in [1.165, 1.54) is 5.56 Å². The quantitative estimate of drug-likeness (QED) is 0.871. The monoisotopic (exact) mass is 227 g/mol. The number of hydrogen-bond acceptors (Lipinski definition) is 2. The zero-order valence-electron chi connectivity index (χ0n) is 9.97. The molecule has 2 N–H and O–H groups in total. The van der Waals surface area contributed by atoms with Gasteiger partial charge in [0.25, 0.3) is 0 Å². The summed E-state index contributed by atoms with van der Waals surface area (Å²) in [4.78, 5) is 0. The molecule has 0 aromatic heterocycles. The minimum absolute atomic E-state index is 0.0858. The van der Waals surface area contributed by atoms with Crippen molar-refractivity contribution in [3.8, 4) is 5.75 Å². The molecule has 0 aliphatic carbocycles. The van der Waals surface area contributed by atoms with E-state index in [9.17, 15) is 0 Å². The first-order chi connectivity index (χ1) is 8.29. The molecular formula is C15H17NO. The van der Waals surface area contributed by atoms with Crippen LogP contribution in [0.1, 0.15) is 17.2 Å². The molecule has 2 aromatic rings. The molecule has 0 bridgehead atoms. The van der Waals surface area contributed by atoms with E-state index in [1.54, 1.807) is 0 Å². The Morgan fingerprint density at radius 2 is 1.82 bits per heavy atom. The van der Waals surface area contributed by atoms with Crippen LogP contribution in [0.2, 0.25) is 0 Å². The summed E-state index contributed by atoms with van der Waals surface area (Å²) in [6.45, 7) is 2.54. The molecule has 0 aliphatic rings. The zero-order valence-corrected chi connectivity index (χ0v) is 9.97. The maximum atomic E-state index is 5.88. The Balaban J connectivity index is 2.17. The van der Waals surface area contributed by atoms with Crippen molar-refractivity contribution in [1.82, 2.24) is 0 Å². The van der Waals surface area contributed by atoms with Gasteiger partial charge >= 0.3 is 0 Å². The van der Waals surface area contributed by atoms with Crippen LogP contribution in [-0.2, 0) is 0 Å². The van der Waals surface area contributed by atoms with Crippen molar-refractivity contribution in [2.24, 2.45) is 5.73 Å². The molecule has 0 amide bonds. The van der Waals surface area contributed by atoms with Crippen LogP contribution in [0.15, 0.2) is 54.6 Å². The zero-order chi connectivity index (χ0) is 12.1. The van der Waals surface area contributed by atoms with Gasteiger partial charge in [-0.25, -0.2) is 0 Å². The second-order valence-corrected chi connectivity index (χ2v) is 4.07. The first-order valence-electron chi connectivity index (χ1n) is 5.78. The third kappa shape index (κ3) is 3.08. The van der Waals surface area contributed by atoms with Crippen LogP contribution in [0.5, 0.6) is 5.75 Å². The summed E-state index contributed by atoms with van der Waals surface area (Å²) in [6, 6.07) is 18.0. The van der Waals surface area contributed by atoms with Gasteiger partial charge in [0.05, 0.1) is 0 Å². The summed E-state index contributed by atoms with van der Waals surface area (Å²) in [6.07, 6.45) is -0.0858. The van der Waals surface area contributed by atoms with Crippen LogP contribution in [0.25, 0.3) is 0 Å². The fraction of sp³-hybridized carbons (Fsp3) is 0.200. The van der Waals surface area contributed by atoms with Crippen LogP contribution in [0.4, 0.5) is 0 Å². The Kier molecular flexibility index (Phi) is 3.78. The van der Waals surface area contributed by atoms with Crippen LogP contribution < -0.4 is 10.5 Å². The molecule has 2 heteroatoms. The molecule has 0 radical (unpaired) electrons. The van der Waals surface area contributed by atoms with Crippen molar-refractivity contribution in [3.05, 3.63) is 65.7 Å². The maximum absolute atomic E-state index is 5.88. The standard InChI is InChI=1S/C15H17NO/c1-12-6-5-7-13(10-12)15(11-16)17-14-8-3-2-4-9-14/h2-10,15H,11,16H2,1H3. The molecule has 1 atom stereocenters. The molecule has 2 nitrogen and oxygen atoms in total. The minimum Gasteiger partial charge on any atom is -0.484 e. The van der Waals surface area contributed by atoms with E-state index in [2.05, 4.69) is 19.1 Å². The Morgan fingerprint density at radius 1 is 1.06 bits per heavy atom. The average molecular weight is 227 g/mol. The third-order valence-corrected chi connectivity index (χ3v) is 2.65. The van der Waals surface area contributed by atoms with Gasteiger partial charge in [-0.2, -0.15) is 0 Å². The smallest absolute Gasteiger partial charge is 0.136 e. The number of rotatable bonds is 4. The Hall–Kier alpha value is -1.80. The number of aryl methyl sites for hydroxylation is 1. The molecule has 2 rings (SSSR count). The predicted octanol–water partition coefficient (Wildman–Crippen LogP) is 3.07. The topological polar surface area (TPSA) is 35.2 Å². The van der Waals surface area contributed by atoms with Gasteiger partial charge in [0.15, 0.2) is 0 Å². The highest BCUT2D eigenvalue weighted by Gasteiger charge is 2.11. The van der Waals surface area contributed by atoms with Gasteiger partial charge in [-0.3, -0.25) is 0 Å². The van der Waals surface area contributed by atoms with Gasteiger partial charge in [0.1, 0.15) is 11.9 Å². The van der Waals surface area contributed by atoms with E-state index >= 15 is 0 Å². The summed E-state index contributed by atoms with van der Waals surface area (Å²) >= 11 is 0. The van der Waals surface area contributed by atoms with Gasteiger partial charge in [-0.15, -0.1) is 0 Å². The number of hydrogen-bond donors (Lipinski definition) is 1. The van der Waals surface area contributed by atoms with Crippen LogP contribution in [0, 0.1) is 6.92 Å². The highest BCUT2D eigenvalue weighted by molar-refractivity contribution is 5.27. The van der Waals surface area contributed by atoms with Crippen molar-refractivity contribution in [3.63, 3.8) is 0 Å². The number of nitrogens with two attached hydrogens (primary N) is 1. The second kappa shape index (κ2) is 5.51. The van der Waals surface area contributed by atoms with Crippen molar-refractivity contribution in [2.75, 3.05) is 6.54 Å². The first kappa shape index (κ1) is 11.7. The summed E-state index contributed by atoms with van der Waals surface area (Å²) in [5.74, 6) is 0.851. The van der Waals surface area contributed by atoms with Gasteiger partial charge < -0.3 is 10.5 Å². The van der Waals surface area contributed by atoms with Crippen molar-refractivity contribution in [1.29, 1.82) is 0 Å². The van der Waals surface area contributed by atoms with Gasteiger partial charge in [-0.1, -0.05) is 48.0 Å². The fourth-order valence-corrected chi connectivity index (χ4v) is 1.79.